The molecule has 5 heteroatoms. The van der Waals surface area contributed by atoms with E-state index in [2.05, 4.69) is 17.6 Å². The summed E-state index contributed by atoms with van der Waals surface area (Å²) < 4.78 is 0. The average molecular weight is 268 g/mol. The Bertz CT molecular complexity index is 372. The number of rotatable bonds is 3. The highest BCUT2D eigenvalue weighted by atomic mass is 16.4. The van der Waals surface area contributed by atoms with Crippen LogP contribution in [-0.2, 0) is 9.59 Å². The molecule has 0 bridgehead atoms. The second-order valence-corrected chi connectivity index (χ2v) is 6.28. The number of amides is 1. The maximum Gasteiger partial charge on any atom is 0.329 e. The predicted molar refractivity (Wildman–Crippen MR) is 71.7 cm³/mol. The van der Waals surface area contributed by atoms with E-state index >= 15 is 0 Å². The van der Waals surface area contributed by atoms with E-state index in [-0.39, 0.29) is 17.9 Å². The first kappa shape index (κ1) is 14.3. The van der Waals surface area contributed by atoms with E-state index in [0.717, 1.165) is 25.8 Å². The minimum atomic E-state index is -1.06. The van der Waals surface area contributed by atoms with Crippen molar-refractivity contribution in [2.24, 2.45) is 11.8 Å². The Morgan fingerprint density at radius 2 is 2.05 bits per heavy atom. The summed E-state index contributed by atoms with van der Waals surface area (Å²) in [6, 6.07) is -0.242. The summed E-state index contributed by atoms with van der Waals surface area (Å²) in [4.78, 5) is 23.9. The van der Waals surface area contributed by atoms with E-state index in [9.17, 15) is 14.7 Å². The smallest absolute Gasteiger partial charge is 0.329 e. The molecule has 1 aliphatic carbocycles. The molecule has 2 fully saturated rings. The average Bonchev–Trinajstić information content (AvgIpc) is 2.75. The van der Waals surface area contributed by atoms with Crippen molar-refractivity contribution in [2.45, 2.75) is 57.5 Å². The van der Waals surface area contributed by atoms with Crippen LogP contribution >= 0.6 is 0 Å². The lowest BCUT2D eigenvalue weighted by Gasteiger charge is -2.38. The second-order valence-electron chi connectivity index (χ2n) is 6.28. The van der Waals surface area contributed by atoms with Crippen molar-refractivity contribution < 1.29 is 14.7 Å². The van der Waals surface area contributed by atoms with Gasteiger partial charge in [0.1, 0.15) is 5.54 Å². The molecule has 19 heavy (non-hydrogen) atoms. The second kappa shape index (κ2) is 5.49. The number of nitrogens with one attached hydrogen (secondary N) is 2. The standard InChI is InChI=1S/C14H24N2O3/c1-9-4-3-6-14(8-9,13(18)19)16-12(17)11-10(2)5-7-15-11/h9-11,15H,3-8H2,1-2H3,(H,16,17)(H,18,19). The summed E-state index contributed by atoms with van der Waals surface area (Å²) >= 11 is 0. The third kappa shape index (κ3) is 2.91. The van der Waals surface area contributed by atoms with Crippen LogP contribution in [0.4, 0.5) is 0 Å². The van der Waals surface area contributed by atoms with Gasteiger partial charge in [0.25, 0.3) is 0 Å². The van der Waals surface area contributed by atoms with E-state index in [0.29, 0.717) is 18.8 Å². The monoisotopic (exact) mass is 268 g/mol. The number of carboxylic acid groups (broad SMARTS) is 1. The van der Waals surface area contributed by atoms with Gasteiger partial charge in [-0.25, -0.2) is 4.79 Å². The largest absolute Gasteiger partial charge is 0.480 e. The third-order valence-electron chi connectivity index (χ3n) is 4.58. The fraction of sp³-hybridized carbons (Fsp3) is 0.857. The van der Waals surface area contributed by atoms with E-state index in [1.807, 2.05) is 6.92 Å². The van der Waals surface area contributed by atoms with Crippen LogP contribution < -0.4 is 10.6 Å². The van der Waals surface area contributed by atoms with Crippen LogP contribution in [0.1, 0.15) is 46.0 Å². The van der Waals surface area contributed by atoms with E-state index in [1.165, 1.54) is 0 Å². The molecule has 1 heterocycles. The fourth-order valence-corrected chi connectivity index (χ4v) is 3.41. The Balaban J connectivity index is 2.08. The molecule has 1 saturated carbocycles. The molecule has 2 aliphatic rings. The van der Waals surface area contributed by atoms with Crippen molar-refractivity contribution in [2.75, 3.05) is 6.54 Å². The molecule has 0 radical (unpaired) electrons. The Morgan fingerprint density at radius 3 is 2.58 bits per heavy atom. The number of hydrogen-bond acceptors (Lipinski definition) is 3. The van der Waals surface area contributed by atoms with Crippen LogP contribution in [0.25, 0.3) is 0 Å². The highest BCUT2D eigenvalue weighted by molar-refractivity contribution is 5.90. The van der Waals surface area contributed by atoms with Crippen molar-refractivity contribution in [1.82, 2.24) is 10.6 Å². The van der Waals surface area contributed by atoms with Crippen LogP contribution in [0.5, 0.6) is 0 Å². The summed E-state index contributed by atoms with van der Waals surface area (Å²) in [7, 11) is 0. The summed E-state index contributed by atoms with van der Waals surface area (Å²) in [5.74, 6) is -0.425. The van der Waals surface area contributed by atoms with E-state index in [1.54, 1.807) is 0 Å². The molecule has 4 unspecified atom stereocenters. The Hall–Kier alpha value is -1.10. The maximum atomic E-state index is 12.3. The van der Waals surface area contributed by atoms with Crippen molar-refractivity contribution >= 4 is 11.9 Å². The summed E-state index contributed by atoms with van der Waals surface area (Å²) in [6.07, 6.45) is 3.95. The number of hydrogen-bond donors (Lipinski definition) is 3. The molecule has 1 saturated heterocycles. The number of carbonyl (C=O) groups excluding carboxylic acids is 1. The molecule has 3 N–H and O–H groups in total. The van der Waals surface area contributed by atoms with Gasteiger partial charge in [0, 0.05) is 0 Å². The first-order valence-electron chi connectivity index (χ1n) is 7.23. The molecule has 0 spiro atoms. The van der Waals surface area contributed by atoms with Gasteiger partial charge in [-0.15, -0.1) is 0 Å². The third-order valence-corrected chi connectivity index (χ3v) is 4.58. The van der Waals surface area contributed by atoms with Gasteiger partial charge in [-0.3, -0.25) is 4.79 Å². The molecule has 0 aromatic carbocycles. The van der Waals surface area contributed by atoms with Gasteiger partial charge >= 0.3 is 5.97 Å². The topological polar surface area (TPSA) is 78.4 Å². The van der Waals surface area contributed by atoms with Crippen LogP contribution in [-0.4, -0.2) is 35.1 Å². The predicted octanol–water partition coefficient (Wildman–Crippen LogP) is 1.13. The van der Waals surface area contributed by atoms with E-state index < -0.39 is 11.5 Å². The normalized spacial score (nSPS) is 38.9. The molecule has 108 valence electrons. The first-order chi connectivity index (χ1) is 8.94. The first-order valence-corrected chi connectivity index (χ1v) is 7.23. The molecular formula is C14H24N2O3. The van der Waals surface area contributed by atoms with Crippen molar-refractivity contribution in [3.63, 3.8) is 0 Å². The lowest BCUT2D eigenvalue weighted by Crippen LogP contribution is -2.60. The van der Waals surface area contributed by atoms with Gasteiger partial charge in [-0.1, -0.05) is 26.7 Å². The molecular weight excluding hydrogens is 244 g/mol. The van der Waals surface area contributed by atoms with Gasteiger partial charge in [-0.05, 0) is 37.6 Å². The highest BCUT2D eigenvalue weighted by Gasteiger charge is 2.45. The molecule has 2 rings (SSSR count). The van der Waals surface area contributed by atoms with Gasteiger partial charge in [0.2, 0.25) is 5.91 Å². The van der Waals surface area contributed by atoms with Gasteiger partial charge < -0.3 is 15.7 Å². The maximum absolute atomic E-state index is 12.3. The van der Waals surface area contributed by atoms with Crippen LogP contribution in [0.3, 0.4) is 0 Å². The Kier molecular flexibility index (Phi) is 4.13. The molecule has 5 nitrogen and oxygen atoms in total. The van der Waals surface area contributed by atoms with Crippen LogP contribution in [0.2, 0.25) is 0 Å². The number of aliphatic carboxylic acids is 1. The Morgan fingerprint density at radius 1 is 1.32 bits per heavy atom. The fourth-order valence-electron chi connectivity index (χ4n) is 3.41. The number of carboxylic acids is 1. The van der Waals surface area contributed by atoms with Gasteiger partial charge in [-0.2, -0.15) is 0 Å². The van der Waals surface area contributed by atoms with Crippen molar-refractivity contribution in [3.8, 4) is 0 Å². The zero-order valence-corrected chi connectivity index (χ0v) is 11.7. The van der Waals surface area contributed by atoms with Gasteiger partial charge in [0.05, 0.1) is 6.04 Å². The van der Waals surface area contributed by atoms with Crippen molar-refractivity contribution in [1.29, 1.82) is 0 Å². The van der Waals surface area contributed by atoms with Crippen LogP contribution in [0.15, 0.2) is 0 Å². The molecule has 1 aliphatic heterocycles. The summed E-state index contributed by atoms with van der Waals surface area (Å²) in [5, 5.41) is 15.5. The quantitative estimate of drug-likeness (QED) is 0.717. The van der Waals surface area contributed by atoms with Gasteiger partial charge in [0.15, 0.2) is 0 Å². The molecule has 0 aromatic heterocycles. The SMILES string of the molecule is CC1CCCC(NC(=O)C2NCCC2C)(C(=O)O)C1. The summed E-state index contributed by atoms with van der Waals surface area (Å²) in [6.45, 7) is 4.91. The number of carbonyl (C=O) groups is 2. The minimum absolute atomic E-state index is 0.151. The highest BCUT2D eigenvalue weighted by Crippen LogP contribution is 2.33. The lowest BCUT2D eigenvalue weighted by molar-refractivity contribution is -0.150. The van der Waals surface area contributed by atoms with E-state index in [4.69, 9.17) is 0 Å². The molecule has 4 atom stereocenters. The molecule has 1 amide bonds. The molecule has 0 aromatic rings. The van der Waals surface area contributed by atoms with Crippen molar-refractivity contribution in [3.05, 3.63) is 0 Å². The summed E-state index contributed by atoms with van der Waals surface area (Å²) in [5.41, 5.74) is -1.06. The van der Waals surface area contributed by atoms with Crippen LogP contribution in [0, 0.1) is 11.8 Å². The Labute approximate surface area is 114 Å². The zero-order valence-electron chi connectivity index (χ0n) is 11.7. The minimum Gasteiger partial charge on any atom is -0.480 e. The zero-order chi connectivity index (χ0) is 14.0. The lowest BCUT2D eigenvalue weighted by atomic mass is 9.76.